The summed E-state index contributed by atoms with van der Waals surface area (Å²) in [5.74, 6) is 0.683. The number of aryl methyl sites for hydroxylation is 1. The van der Waals surface area contributed by atoms with Gasteiger partial charge in [0, 0.05) is 31.8 Å². The van der Waals surface area contributed by atoms with E-state index >= 15 is 0 Å². The van der Waals surface area contributed by atoms with Gasteiger partial charge in [-0.25, -0.2) is 9.78 Å². The lowest BCUT2D eigenvalue weighted by molar-refractivity contribution is -0.143. The molecule has 158 valence electrons. The van der Waals surface area contributed by atoms with Gasteiger partial charge in [0.25, 0.3) is 0 Å². The first-order valence-electron chi connectivity index (χ1n) is 9.97. The van der Waals surface area contributed by atoms with E-state index < -0.39 is 11.7 Å². The quantitative estimate of drug-likeness (QED) is 0.627. The second-order valence-electron chi connectivity index (χ2n) is 7.85. The fraction of sp³-hybridized carbons (Fsp3) is 0.500. The number of hydrogen-bond acceptors (Lipinski definition) is 5. The third kappa shape index (κ3) is 8.81. The Hall–Kier alpha value is -2.83. The zero-order valence-electron chi connectivity index (χ0n) is 17.7. The highest BCUT2D eigenvalue weighted by atomic mass is 16.6. The SMILES string of the molecule is CCOC(=O)CCc1cc(CCNC(=O)OC(C)(C)C)cc(Cc2ncc[nH]2)c1. The van der Waals surface area contributed by atoms with Gasteiger partial charge in [-0.1, -0.05) is 18.2 Å². The molecule has 2 rings (SSSR count). The van der Waals surface area contributed by atoms with Crippen LogP contribution in [-0.2, 0) is 33.5 Å². The van der Waals surface area contributed by atoms with Gasteiger partial charge in [-0.15, -0.1) is 0 Å². The molecule has 0 unspecified atom stereocenters. The number of benzene rings is 1. The molecule has 0 aliphatic heterocycles. The number of hydrogen-bond donors (Lipinski definition) is 2. The number of carbonyl (C=O) groups excluding carboxylic acids is 2. The number of rotatable bonds is 9. The van der Waals surface area contributed by atoms with Crippen molar-refractivity contribution < 1.29 is 19.1 Å². The molecule has 0 atom stereocenters. The van der Waals surface area contributed by atoms with Crippen molar-refractivity contribution in [1.82, 2.24) is 15.3 Å². The van der Waals surface area contributed by atoms with Crippen LogP contribution < -0.4 is 5.32 Å². The van der Waals surface area contributed by atoms with Gasteiger partial charge in [0.15, 0.2) is 0 Å². The van der Waals surface area contributed by atoms with Gasteiger partial charge < -0.3 is 19.8 Å². The Morgan fingerprint density at radius 3 is 2.41 bits per heavy atom. The van der Waals surface area contributed by atoms with E-state index in [1.54, 1.807) is 19.3 Å². The molecular weight excluding hydrogens is 370 g/mol. The fourth-order valence-electron chi connectivity index (χ4n) is 2.92. The highest BCUT2D eigenvalue weighted by molar-refractivity contribution is 5.69. The van der Waals surface area contributed by atoms with E-state index in [4.69, 9.17) is 9.47 Å². The Bertz CT molecular complexity index is 795. The normalized spacial score (nSPS) is 11.2. The van der Waals surface area contributed by atoms with E-state index in [1.807, 2.05) is 20.8 Å². The summed E-state index contributed by atoms with van der Waals surface area (Å²) in [5, 5.41) is 2.79. The number of carbonyl (C=O) groups is 2. The van der Waals surface area contributed by atoms with Crippen molar-refractivity contribution in [2.75, 3.05) is 13.2 Å². The van der Waals surface area contributed by atoms with Crippen molar-refractivity contribution in [3.63, 3.8) is 0 Å². The van der Waals surface area contributed by atoms with Crippen LogP contribution in [-0.4, -0.2) is 40.8 Å². The van der Waals surface area contributed by atoms with Crippen molar-refractivity contribution in [3.05, 3.63) is 53.1 Å². The fourth-order valence-corrected chi connectivity index (χ4v) is 2.92. The average molecular weight is 402 g/mol. The number of esters is 1. The highest BCUT2D eigenvalue weighted by Crippen LogP contribution is 2.16. The maximum atomic E-state index is 11.8. The number of amides is 1. The number of alkyl carbamates (subject to hydrolysis) is 1. The molecule has 0 bridgehead atoms. The van der Waals surface area contributed by atoms with Gasteiger partial charge in [-0.2, -0.15) is 0 Å². The molecule has 0 fully saturated rings. The summed E-state index contributed by atoms with van der Waals surface area (Å²) in [6.07, 6.45) is 5.39. The minimum atomic E-state index is -0.521. The Morgan fingerprint density at radius 1 is 1.10 bits per heavy atom. The van der Waals surface area contributed by atoms with Gasteiger partial charge in [-0.3, -0.25) is 4.79 Å². The first kappa shape index (κ1) is 22.5. The standard InChI is InChI=1S/C22H31N3O4/c1-5-28-20(26)7-6-16-12-17(8-9-25-21(27)29-22(2,3)4)14-18(13-16)15-19-23-10-11-24-19/h10-14H,5-9,15H2,1-4H3,(H,23,24)(H,25,27). The van der Waals surface area contributed by atoms with Gasteiger partial charge in [0.1, 0.15) is 11.4 Å². The molecule has 1 aromatic carbocycles. The predicted octanol–water partition coefficient (Wildman–Crippen LogP) is 3.56. The van der Waals surface area contributed by atoms with Gasteiger partial charge in [-0.05, 0) is 57.2 Å². The maximum Gasteiger partial charge on any atom is 0.407 e. The molecule has 1 amide bonds. The molecule has 7 nitrogen and oxygen atoms in total. The molecule has 7 heteroatoms. The van der Waals surface area contributed by atoms with Crippen molar-refractivity contribution in [2.24, 2.45) is 0 Å². The smallest absolute Gasteiger partial charge is 0.407 e. The Kier molecular flexibility index (Phi) is 8.24. The summed E-state index contributed by atoms with van der Waals surface area (Å²) in [6, 6.07) is 6.27. The number of imidazole rings is 1. The number of nitrogens with zero attached hydrogens (tertiary/aromatic N) is 1. The number of aromatic amines is 1. The molecule has 0 aliphatic carbocycles. The maximum absolute atomic E-state index is 11.8. The van der Waals surface area contributed by atoms with Gasteiger partial charge in [0.2, 0.25) is 0 Å². The molecule has 2 N–H and O–H groups in total. The van der Waals surface area contributed by atoms with E-state index in [0.717, 1.165) is 22.5 Å². The third-order valence-electron chi connectivity index (χ3n) is 4.04. The minimum Gasteiger partial charge on any atom is -0.466 e. The molecule has 0 aliphatic rings. The molecule has 0 spiro atoms. The number of H-pyrrole nitrogens is 1. The zero-order valence-corrected chi connectivity index (χ0v) is 17.7. The van der Waals surface area contributed by atoms with Crippen LogP contribution in [0.25, 0.3) is 0 Å². The number of aromatic nitrogens is 2. The summed E-state index contributed by atoms with van der Waals surface area (Å²) in [6.45, 7) is 8.16. The van der Waals surface area contributed by atoms with E-state index in [9.17, 15) is 9.59 Å². The first-order chi connectivity index (χ1) is 13.7. The molecule has 1 aromatic heterocycles. The molecule has 0 radical (unpaired) electrons. The van der Waals surface area contributed by atoms with Crippen LogP contribution in [0.5, 0.6) is 0 Å². The number of nitrogens with one attached hydrogen (secondary N) is 2. The largest absolute Gasteiger partial charge is 0.466 e. The van der Waals surface area contributed by atoms with Crippen molar-refractivity contribution in [3.8, 4) is 0 Å². The average Bonchev–Trinajstić information content (AvgIpc) is 3.11. The first-order valence-corrected chi connectivity index (χ1v) is 9.97. The third-order valence-corrected chi connectivity index (χ3v) is 4.04. The monoisotopic (exact) mass is 401 g/mol. The van der Waals surface area contributed by atoms with E-state index in [-0.39, 0.29) is 5.97 Å². The van der Waals surface area contributed by atoms with Crippen molar-refractivity contribution >= 4 is 12.1 Å². The molecule has 0 saturated heterocycles. The summed E-state index contributed by atoms with van der Waals surface area (Å²) in [5.41, 5.74) is 2.74. The van der Waals surface area contributed by atoms with Crippen molar-refractivity contribution in [2.45, 2.75) is 59.0 Å². The second kappa shape index (κ2) is 10.6. The second-order valence-corrected chi connectivity index (χ2v) is 7.85. The zero-order chi connectivity index (χ0) is 21.3. The molecular formula is C22H31N3O4. The van der Waals surface area contributed by atoms with Crippen LogP contribution in [0.2, 0.25) is 0 Å². The minimum absolute atomic E-state index is 0.197. The molecule has 2 aromatic rings. The Morgan fingerprint density at radius 2 is 1.79 bits per heavy atom. The Labute approximate surface area is 172 Å². The van der Waals surface area contributed by atoms with Gasteiger partial charge >= 0.3 is 12.1 Å². The van der Waals surface area contributed by atoms with Crippen molar-refractivity contribution in [1.29, 1.82) is 0 Å². The van der Waals surface area contributed by atoms with E-state index in [1.165, 1.54) is 0 Å². The summed E-state index contributed by atoms with van der Waals surface area (Å²) < 4.78 is 10.3. The predicted molar refractivity (Wildman–Crippen MR) is 111 cm³/mol. The van der Waals surface area contributed by atoms with Crippen LogP contribution in [0.1, 0.15) is 56.6 Å². The molecule has 1 heterocycles. The lowest BCUT2D eigenvalue weighted by Crippen LogP contribution is -2.33. The Balaban J connectivity index is 2.03. The lowest BCUT2D eigenvalue weighted by atomic mass is 9.99. The number of ether oxygens (including phenoxy) is 2. The van der Waals surface area contributed by atoms with Crippen LogP contribution in [0.15, 0.2) is 30.6 Å². The lowest BCUT2D eigenvalue weighted by Gasteiger charge is -2.19. The van der Waals surface area contributed by atoms with E-state index in [0.29, 0.717) is 38.8 Å². The highest BCUT2D eigenvalue weighted by Gasteiger charge is 2.15. The summed E-state index contributed by atoms with van der Waals surface area (Å²) in [4.78, 5) is 30.9. The molecule has 0 saturated carbocycles. The van der Waals surface area contributed by atoms with Crippen LogP contribution in [0, 0.1) is 0 Å². The van der Waals surface area contributed by atoms with Crippen LogP contribution in [0.3, 0.4) is 0 Å². The van der Waals surface area contributed by atoms with Crippen LogP contribution in [0.4, 0.5) is 4.79 Å². The van der Waals surface area contributed by atoms with Crippen LogP contribution >= 0.6 is 0 Å². The van der Waals surface area contributed by atoms with E-state index in [2.05, 4.69) is 33.5 Å². The summed E-state index contributed by atoms with van der Waals surface area (Å²) >= 11 is 0. The summed E-state index contributed by atoms with van der Waals surface area (Å²) in [7, 11) is 0. The topological polar surface area (TPSA) is 93.3 Å². The molecule has 29 heavy (non-hydrogen) atoms. The van der Waals surface area contributed by atoms with Gasteiger partial charge in [0.05, 0.1) is 6.61 Å².